The second-order valence-electron chi connectivity index (χ2n) is 6.32. The molecule has 22 heavy (non-hydrogen) atoms. The lowest BCUT2D eigenvalue weighted by atomic mass is 9.86. The standard InChI is InChI=1S/C18H16BrN3/c1-18(2,3)13-6-4-12(5-7-13)17-15(10-20)22-11-14(19)8-9-16(22)21-17/h4-9,11H,1-3H3. The number of halogens is 1. The van der Waals surface area contributed by atoms with Crippen molar-refractivity contribution in [1.29, 1.82) is 5.26 Å². The van der Waals surface area contributed by atoms with Crippen molar-refractivity contribution < 1.29 is 0 Å². The van der Waals surface area contributed by atoms with E-state index in [2.05, 4.69) is 59.9 Å². The monoisotopic (exact) mass is 353 g/mol. The van der Waals surface area contributed by atoms with Gasteiger partial charge in [-0.3, -0.25) is 4.40 Å². The Morgan fingerprint density at radius 2 is 1.77 bits per heavy atom. The van der Waals surface area contributed by atoms with Crippen LogP contribution in [0.25, 0.3) is 16.9 Å². The maximum absolute atomic E-state index is 9.52. The largest absolute Gasteiger partial charge is 0.290 e. The van der Waals surface area contributed by atoms with Gasteiger partial charge in [-0.1, -0.05) is 45.0 Å². The van der Waals surface area contributed by atoms with Gasteiger partial charge in [-0.25, -0.2) is 4.98 Å². The summed E-state index contributed by atoms with van der Waals surface area (Å²) < 4.78 is 2.74. The fourth-order valence-corrected chi connectivity index (χ4v) is 2.79. The van der Waals surface area contributed by atoms with Crippen LogP contribution in [-0.4, -0.2) is 9.38 Å². The topological polar surface area (TPSA) is 41.1 Å². The molecule has 110 valence electrons. The van der Waals surface area contributed by atoms with Gasteiger partial charge in [-0.05, 0) is 39.0 Å². The summed E-state index contributed by atoms with van der Waals surface area (Å²) in [5.74, 6) is 0. The highest BCUT2D eigenvalue weighted by Gasteiger charge is 2.16. The quantitative estimate of drug-likeness (QED) is 0.622. The van der Waals surface area contributed by atoms with Gasteiger partial charge in [0.2, 0.25) is 0 Å². The molecule has 2 heterocycles. The zero-order chi connectivity index (χ0) is 15.9. The van der Waals surface area contributed by atoms with Crippen LogP contribution in [-0.2, 0) is 5.41 Å². The van der Waals surface area contributed by atoms with Gasteiger partial charge in [-0.15, -0.1) is 0 Å². The highest BCUT2D eigenvalue weighted by Crippen LogP contribution is 2.28. The number of hydrogen-bond donors (Lipinski definition) is 0. The van der Waals surface area contributed by atoms with Gasteiger partial charge in [0.15, 0.2) is 5.69 Å². The van der Waals surface area contributed by atoms with Crippen molar-refractivity contribution in [2.75, 3.05) is 0 Å². The van der Waals surface area contributed by atoms with Crippen molar-refractivity contribution in [3.63, 3.8) is 0 Å². The highest BCUT2D eigenvalue weighted by atomic mass is 79.9. The van der Waals surface area contributed by atoms with Crippen molar-refractivity contribution in [2.45, 2.75) is 26.2 Å². The number of aromatic nitrogens is 2. The minimum Gasteiger partial charge on any atom is -0.290 e. The number of hydrogen-bond acceptors (Lipinski definition) is 2. The van der Waals surface area contributed by atoms with Crippen molar-refractivity contribution in [1.82, 2.24) is 9.38 Å². The van der Waals surface area contributed by atoms with Crippen LogP contribution < -0.4 is 0 Å². The molecule has 2 aromatic heterocycles. The van der Waals surface area contributed by atoms with Gasteiger partial charge in [0, 0.05) is 16.2 Å². The first-order valence-electron chi connectivity index (χ1n) is 7.09. The minimum absolute atomic E-state index is 0.111. The summed E-state index contributed by atoms with van der Waals surface area (Å²) in [6.45, 7) is 6.56. The van der Waals surface area contributed by atoms with Crippen LogP contribution >= 0.6 is 15.9 Å². The lowest BCUT2D eigenvalue weighted by Crippen LogP contribution is -2.10. The molecule has 0 N–H and O–H groups in total. The van der Waals surface area contributed by atoms with E-state index in [1.54, 1.807) is 0 Å². The second-order valence-corrected chi connectivity index (χ2v) is 7.24. The first-order valence-corrected chi connectivity index (χ1v) is 7.88. The number of benzene rings is 1. The third-order valence-electron chi connectivity index (χ3n) is 3.71. The van der Waals surface area contributed by atoms with E-state index in [-0.39, 0.29) is 5.41 Å². The number of nitrogens with zero attached hydrogens (tertiary/aromatic N) is 3. The van der Waals surface area contributed by atoms with Crippen LogP contribution in [0.2, 0.25) is 0 Å². The molecule has 0 saturated heterocycles. The van der Waals surface area contributed by atoms with Crippen molar-refractivity contribution in [3.05, 3.63) is 58.3 Å². The van der Waals surface area contributed by atoms with E-state index in [4.69, 9.17) is 0 Å². The lowest BCUT2D eigenvalue weighted by Gasteiger charge is -2.18. The molecule has 0 radical (unpaired) electrons. The first-order chi connectivity index (χ1) is 10.4. The average Bonchev–Trinajstić information content (AvgIpc) is 2.84. The van der Waals surface area contributed by atoms with E-state index in [1.807, 2.05) is 34.9 Å². The van der Waals surface area contributed by atoms with Crippen LogP contribution in [0.15, 0.2) is 47.1 Å². The Balaban J connectivity index is 2.16. The third-order valence-corrected chi connectivity index (χ3v) is 4.18. The van der Waals surface area contributed by atoms with Crippen molar-refractivity contribution >= 4 is 21.6 Å². The summed E-state index contributed by atoms with van der Waals surface area (Å²) in [5.41, 5.74) is 4.39. The van der Waals surface area contributed by atoms with E-state index in [1.165, 1.54) is 5.56 Å². The van der Waals surface area contributed by atoms with E-state index < -0.39 is 0 Å². The maximum atomic E-state index is 9.52. The number of rotatable bonds is 1. The van der Waals surface area contributed by atoms with Gasteiger partial charge in [0.25, 0.3) is 0 Å². The van der Waals surface area contributed by atoms with Crippen molar-refractivity contribution in [3.8, 4) is 17.3 Å². The highest BCUT2D eigenvalue weighted by molar-refractivity contribution is 9.10. The summed E-state index contributed by atoms with van der Waals surface area (Å²) >= 11 is 3.43. The zero-order valence-corrected chi connectivity index (χ0v) is 14.3. The summed E-state index contributed by atoms with van der Waals surface area (Å²) in [5, 5.41) is 9.52. The molecule has 0 spiro atoms. The fourth-order valence-electron chi connectivity index (χ4n) is 2.45. The van der Waals surface area contributed by atoms with E-state index in [0.29, 0.717) is 5.69 Å². The van der Waals surface area contributed by atoms with Crippen LogP contribution in [0, 0.1) is 11.3 Å². The molecule has 4 heteroatoms. The van der Waals surface area contributed by atoms with Gasteiger partial charge in [0.1, 0.15) is 17.4 Å². The number of nitriles is 1. The summed E-state index contributed by atoms with van der Waals surface area (Å²) in [7, 11) is 0. The minimum atomic E-state index is 0.111. The van der Waals surface area contributed by atoms with Crippen LogP contribution in [0.5, 0.6) is 0 Å². The third kappa shape index (κ3) is 2.53. The van der Waals surface area contributed by atoms with E-state index in [0.717, 1.165) is 21.4 Å². The molecule has 3 nitrogen and oxygen atoms in total. The molecule has 0 atom stereocenters. The molecule has 3 aromatic rings. The Morgan fingerprint density at radius 1 is 1.09 bits per heavy atom. The van der Waals surface area contributed by atoms with Crippen LogP contribution in [0.4, 0.5) is 0 Å². The van der Waals surface area contributed by atoms with Crippen molar-refractivity contribution in [2.24, 2.45) is 0 Å². The Morgan fingerprint density at radius 3 is 2.36 bits per heavy atom. The molecule has 0 saturated carbocycles. The average molecular weight is 354 g/mol. The van der Waals surface area contributed by atoms with Gasteiger partial charge < -0.3 is 0 Å². The van der Waals surface area contributed by atoms with Gasteiger partial charge in [-0.2, -0.15) is 5.26 Å². The Kier molecular flexibility index (Phi) is 3.54. The molecule has 0 aliphatic carbocycles. The second kappa shape index (κ2) is 5.26. The molecule has 0 unspecified atom stereocenters. The Labute approximate surface area is 138 Å². The van der Waals surface area contributed by atoms with Gasteiger partial charge in [0.05, 0.1) is 0 Å². The lowest BCUT2D eigenvalue weighted by molar-refractivity contribution is 0.590. The molecule has 3 rings (SSSR count). The SMILES string of the molecule is CC(C)(C)c1ccc(-c2nc3ccc(Br)cn3c2C#N)cc1. The Bertz CT molecular complexity index is 878. The molecule has 1 aromatic carbocycles. The number of pyridine rings is 1. The number of imidazole rings is 1. The molecule has 0 bridgehead atoms. The maximum Gasteiger partial charge on any atom is 0.152 e. The molecule has 0 aliphatic rings. The summed E-state index contributed by atoms with van der Waals surface area (Å²) in [6.07, 6.45) is 1.87. The molecular formula is C18H16BrN3. The summed E-state index contributed by atoms with van der Waals surface area (Å²) in [6, 6.07) is 14.4. The molecule has 0 fully saturated rings. The molecule has 0 amide bonds. The molecular weight excluding hydrogens is 338 g/mol. The normalized spacial score (nSPS) is 11.6. The van der Waals surface area contributed by atoms with E-state index in [9.17, 15) is 5.26 Å². The van der Waals surface area contributed by atoms with Crippen LogP contribution in [0.3, 0.4) is 0 Å². The first kappa shape index (κ1) is 14.8. The summed E-state index contributed by atoms with van der Waals surface area (Å²) in [4.78, 5) is 4.61. The van der Waals surface area contributed by atoms with E-state index >= 15 is 0 Å². The number of fused-ring (bicyclic) bond motifs is 1. The fraction of sp³-hybridized carbons (Fsp3) is 0.222. The molecule has 0 aliphatic heterocycles. The zero-order valence-electron chi connectivity index (χ0n) is 12.8. The van der Waals surface area contributed by atoms with Gasteiger partial charge >= 0.3 is 0 Å². The predicted octanol–water partition coefficient (Wildman–Crippen LogP) is 4.93. The van der Waals surface area contributed by atoms with Crippen LogP contribution in [0.1, 0.15) is 32.0 Å². The Hall–Kier alpha value is -2.12. The predicted molar refractivity (Wildman–Crippen MR) is 91.7 cm³/mol. The smallest absolute Gasteiger partial charge is 0.152 e.